The fraction of sp³-hybridized carbons (Fsp3) is 0.320. The number of primary amides is 1. The monoisotopic (exact) mass is 497 g/mol. The molecule has 2 aliphatic rings. The van der Waals surface area contributed by atoms with E-state index in [0.29, 0.717) is 31.6 Å². The van der Waals surface area contributed by atoms with Crippen LogP contribution in [0.5, 0.6) is 0 Å². The number of Topliss-reactive ketones (excluding diaryl/α,β-unsaturated/α-hetero) is 1. The molecule has 2 fully saturated rings. The van der Waals surface area contributed by atoms with Crippen molar-refractivity contribution in [3.05, 3.63) is 64.7 Å². The van der Waals surface area contributed by atoms with E-state index < -0.39 is 24.4 Å². The van der Waals surface area contributed by atoms with Crippen LogP contribution in [0.25, 0.3) is 0 Å². The zero-order valence-corrected chi connectivity index (χ0v) is 19.6. The smallest absolute Gasteiger partial charge is 0.338 e. The first-order chi connectivity index (χ1) is 16.8. The summed E-state index contributed by atoms with van der Waals surface area (Å²) in [6.07, 6.45) is 1.17. The Labute approximate surface area is 206 Å². The van der Waals surface area contributed by atoms with Crippen LogP contribution in [0.2, 0.25) is 5.02 Å². The van der Waals surface area contributed by atoms with Crippen molar-refractivity contribution < 1.29 is 28.7 Å². The van der Waals surface area contributed by atoms with Gasteiger partial charge in [-0.1, -0.05) is 23.7 Å². The summed E-state index contributed by atoms with van der Waals surface area (Å²) in [4.78, 5) is 64.7. The van der Waals surface area contributed by atoms with Crippen molar-refractivity contribution in [3.63, 3.8) is 0 Å². The molecule has 10 heteroatoms. The van der Waals surface area contributed by atoms with Crippen molar-refractivity contribution in [1.82, 2.24) is 4.90 Å². The maximum atomic E-state index is 13.0. The molecule has 2 aromatic carbocycles. The van der Waals surface area contributed by atoms with Crippen LogP contribution in [0.1, 0.15) is 40.0 Å². The van der Waals surface area contributed by atoms with Crippen molar-refractivity contribution >= 4 is 46.8 Å². The number of likely N-dealkylation sites (tertiary alicyclic amines) is 1. The molecule has 2 aliphatic heterocycles. The quantitative estimate of drug-likeness (QED) is 0.353. The van der Waals surface area contributed by atoms with E-state index in [1.807, 2.05) is 4.90 Å². The molecule has 9 nitrogen and oxygen atoms in total. The van der Waals surface area contributed by atoms with E-state index in [4.69, 9.17) is 22.1 Å². The average Bonchev–Trinajstić information content (AvgIpc) is 3.16. The van der Waals surface area contributed by atoms with Gasteiger partial charge in [0.2, 0.25) is 17.6 Å². The second kappa shape index (κ2) is 10.4. The summed E-state index contributed by atoms with van der Waals surface area (Å²) in [7, 11) is 0. The molecular weight excluding hydrogens is 474 g/mol. The van der Waals surface area contributed by atoms with Gasteiger partial charge in [0.05, 0.1) is 28.7 Å². The first kappa shape index (κ1) is 24.6. The van der Waals surface area contributed by atoms with Crippen LogP contribution in [0.15, 0.2) is 48.5 Å². The van der Waals surface area contributed by atoms with Gasteiger partial charge in [-0.2, -0.15) is 0 Å². The van der Waals surface area contributed by atoms with E-state index in [9.17, 15) is 24.0 Å². The highest BCUT2D eigenvalue weighted by Gasteiger charge is 2.43. The number of rotatable bonds is 7. The van der Waals surface area contributed by atoms with Crippen molar-refractivity contribution in [2.45, 2.75) is 25.3 Å². The Morgan fingerprint density at radius 2 is 1.66 bits per heavy atom. The van der Waals surface area contributed by atoms with E-state index in [1.165, 1.54) is 24.3 Å². The molecule has 2 N–H and O–H groups in total. The van der Waals surface area contributed by atoms with Gasteiger partial charge in [-0.15, -0.1) is 0 Å². The molecule has 0 spiro atoms. The third-order valence-corrected chi connectivity index (χ3v) is 6.69. The number of imide groups is 1. The number of carbonyl (C=O) groups excluding carboxylic acids is 5. The Balaban J connectivity index is 1.36. The number of amides is 3. The second-order valence-electron chi connectivity index (χ2n) is 8.53. The number of nitrogens with two attached hydrogens (primary N) is 1. The van der Waals surface area contributed by atoms with Crippen LogP contribution in [0, 0.1) is 5.92 Å². The number of esters is 1. The molecule has 35 heavy (non-hydrogen) atoms. The zero-order chi connectivity index (χ0) is 25.1. The van der Waals surface area contributed by atoms with Crippen molar-refractivity contribution in [1.29, 1.82) is 0 Å². The SMILES string of the molecule is NC(=O)C1CCN(C2CC(=O)N(c3ccc(C(=O)OCC(=O)c4ccccc4Cl)cc3)C2=O)CC1. The van der Waals surface area contributed by atoms with Crippen LogP contribution in [0.4, 0.5) is 5.69 Å². The van der Waals surface area contributed by atoms with E-state index in [-0.39, 0.29) is 46.2 Å². The summed E-state index contributed by atoms with van der Waals surface area (Å²) in [5, 5.41) is 0.272. The number of benzene rings is 2. The number of nitrogens with zero attached hydrogens (tertiary/aromatic N) is 2. The highest BCUT2D eigenvalue weighted by Crippen LogP contribution is 2.29. The van der Waals surface area contributed by atoms with Crippen molar-refractivity contribution in [2.24, 2.45) is 11.7 Å². The second-order valence-corrected chi connectivity index (χ2v) is 8.93. The van der Waals surface area contributed by atoms with Gasteiger partial charge in [-0.05, 0) is 62.3 Å². The first-order valence-corrected chi connectivity index (χ1v) is 11.6. The fourth-order valence-electron chi connectivity index (χ4n) is 4.39. The summed E-state index contributed by atoms with van der Waals surface area (Å²) in [5.41, 5.74) is 6.15. The third kappa shape index (κ3) is 5.26. The fourth-order valence-corrected chi connectivity index (χ4v) is 4.64. The lowest BCUT2D eigenvalue weighted by Crippen LogP contribution is -2.47. The standard InChI is InChI=1S/C25H24ClN3O6/c26-19-4-2-1-3-18(19)21(30)14-35-25(34)16-5-7-17(8-6-16)29-22(31)13-20(24(29)33)28-11-9-15(10-12-28)23(27)32/h1-8,15,20H,9-14H2,(H2,27,32). The van der Waals surface area contributed by atoms with Crippen molar-refractivity contribution in [2.75, 3.05) is 24.6 Å². The van der Waals surface area contributed by atoms with Crippen LogP contribution in [-0.2, 0) is 19.1 Å². The molecular formula is C25H24ClN3O6. The first-order valence-electron chi connectivity index (χ1n) is 11.2. The van der Waals surface area contributed by atoms with Gasteiger partial charge in [0.1, 0.15) is 0 Å². The van der Waals surface area contributed by atoms with Gasteiger partial charge in [0.15, 0.2) is 6.61 Å². The lowest BCUT2D eigenvalue weighted by molar-refractivity contribution is -0.124. The minimum absolute atomic E-state index is 0.0496. The van der Waals surface area contributed by atoms with Crippen LogP contribution >= 0.6 is 11.6 Å². The Morgan fingerprint density at radius 3 is 2.29 bits per heavy atom. The third-order valence-electron chi connectivity index (χ3n) is 6.37. The maximum Gasteiger partial charge on any atom is 0.338 e. The van der Waals surface area contributed by atoms with Gasteiger partial charge >= 0.3 is 5.97 Å². The molecule has 2 aromatic rings. The summed E-state index contributed by atoms with van der Waals surface area (Å²) in [6.45, 7) is 0.563. The molecule has 182 valence electrons. The van der Waals surface area contributed by atoms with E-state index in [2.05, 4.69) is 0 Å². The number of ketones is 1. The summed E-state index contributed by atoms with van der Waals surface area (Å²) in [6, 6.07) is 11.7. The Hall–Kier alpha value is -3.56. The lowest BCUT2D eigenvalue weighted by Gasteiger charge is -2.33. The molecule has 0 aromatic heterocycles. The van der Waals surface area contributed by atoms with Gasteiger partial charge in [-0.3, -0.25) is 24.1 Å². The summed E-state index contributed by atoms with van der Waals surface area (Å²) in [5.74, 6) is -2.37. The van der Waals surface area contributed by atoms with Crippen LogP contribution in [-0.4, -0.2) is 60.1 Å². The lowest BCUT2D eigenvalue weighted by atomic mass is 9.95. The van der Waals surface area contributed by atoms with Gasteiger partial charge in [0, 0.05) is 11.5 Å². The van der Waals surface area contributed by atoms with Crippen LogP contribution in [0.3, 0.4) is 0 Å². The molecule has 0 aliphatic carbocycles. The van der Waals surface area contributed by atoms with Gasteiger partial charge < -0.3 is 10.5 Å². The van der Waals surface area contributed by atoms with Crippen molar-refractivity contribution in [3.8, 4) is 0 Å². The normalized spacial score (nSPS) is 19.1. The minimum Gasteiger partial charge on any atom is -0.454 e. The Kier molecular flexibility index (Phi) is 7.28. The average molecular weight is 498 g/mol. The number of halogens is 1. The number of ether oxygens (including phenoxy) is 1. The molecule has 4 rings (SSSR count). The molecule has 0 saturated carbocycles. The summed E-state index contributed by atoms with van der Waals surface area (Å²) < 4.78 is 5.09. The Morgan fingerprint density at radius 1 is 1.00 bits per heavy atom. The van der Waals surface area contributed by atoms with E-state index in [1.54, 1.807) is 24.3 Å². The zero-order valence-electron chi connectivity index (χ0n) is 18.8. The molecule has 0 radical (unpaired) electrons. The van der Waals surface area contributed by atoms with E-state index >= 15 is 0 Å². The highest BCUT2D eigenvalue weighted by molar-refractivity contribution is 6.34. The predicted octanol–water partition coefficient (Wildman–Crippen LogP) is 2.21. The number of piperidine rings is 1. The number of hydrogen-bond donors (Lipinski definition) is 1. The molecule has 3 amide bonds. The Bertz CT molecular complexity index is 1170. The van der Waals surface area contributed by atoms with E-state index in [0.717, 1.165) is 4.90 Å². The van der Waals surface area contributed by atoms with Gasteiger partial charge in [0.25, 0.3) is 5.91 Å². The molecule has 1 unspecified atom stereocenters. The largest absolute Gasteiger partial charge is 0.454 e. The molecule has 1 atom stereocenters. The number of carbonyl (C=O) groups is 5. The number of anilines is 1. The summed E-state index contributed by atoms with van der Waals surface area (Å²) >= 11 is 5.99. The topological polar surface area (TPSA) is 127 Å². The van der Waals surface area contributed by atoms with Gasteiger partial charge in [-0.25, -0.2) is 9.69 Å². The van der Waals surface area contributed by atoms with Crippen LogP contribution < -0.4 is 10.6 Å². The predicted molar refractivity (Wildman–Crippen MR) is 127 cm³/mol. The minimum atomic E-state index is -0.716. The highest BCUT2D eigenvalue weighted by atomic mass is 35.5. The molecule has 0 bridgehead atoms. The molecule has 2 saturated heterocycles. The maximum absolute atomic E-state index is 13.0. The number of hydrogen-bond acceptors (Lipinski definition) is 7. The molecule has 2 heterocycles.